The Labute approximate surface area is 122 Å². The van der Waals surface area contributed by atoms with Crippen molar-refractivity contribution in [2.75, 3.05) is 20.1 Å². The van der Waals surface area contributed by atoms with Crippen molar-refractivity contribution < 1.29 is 0 Å². The third-order valence-electron chi connectivity index (χ3n) is 4.18. The Hall–Kier alpha value is -0.380. The zero-order chi connectivity index (χ0) is 13.5. The maximum atomic E-state index is 3.57. The molecule has 2 rings (SSSR count). The third-order valence-corrected chi connectivity index (χ3v) is 5.19. The van der Waals surface area contributed by atoms with Gasteiger partial charge in [0.05, 0.1) is 0 Å². The van der Waals surface area contributed by atoms with Gasteiger partial charge in [-0.3, -0.25) is 0 Å². The Balaban J connectivity index is 1.61. The lowest BCUT2D eigenvalue weighted by Crippen LogP contribution is -2.36. The average molecular weight is 280 g/mol. The molecule has 19 heavy (non-hydrogen) atoms. The number of hydrogen-bond acceptors (Lipinski definition) is 3. The van der Waals surface area contributed by atoms with Crippen LogP contribution in [0.3, 0.4) is 0 Å². The maximum absolute atomic E-state index is 3.57. The molecule has 0 atom stereocenters. The number of nitrogens with one attached hydrogen (secondary N) is 1. The van der Waals surface area contributed by atoms with E-state index >= 15 is 0 Å². The van der Waals surface area contributed by atoms with Crippen LogP contribution in [0.2, 0.25) is 0 Å². The van der Waals surface area contributed by atoms with Gasteiger partial charge in [0.25, 0.3) is 0 Å². The lowest BCUT2D eigenvalue weighted by molar-refractivity contribution is 0.221. The van der Waals surface area contributed by atoms with Gasteiger partial charge in [-0.2, -0.15) is 0 Å². The first-order valence-corrected chi connectivity index (χ1v) is 8.53. The van der Waals surface area contributed by atoms with Gasteiger partial charge in [0, 0.05) is 35.4 Å². The summed E-state index contributed by atoms with van der Waals surface area (Å²) in [5.74, 6) is 0. The molecule has 1 N–H and O–H groups in total. The van der Waals surface area contributed by atoms with Crippen LogP contribution in [-0.2, 0) is 6.54 Å². The van der Waals surface area contributed by atoms with Gasteiger partial charge in [0.1, 0.15) is 0 Å². The van der Waals surface area contributed by atoms with Crippen LogP contribution in [0.1, 0.15) is 48.3 Å². The van der Waals surface area contributed by atoms with Gasteiger partial charge in [0.2, 0.25) is 0 Å². The Kier molecular flexibility index (Phi) is 6.35. The van der Waals surface area contributed by atoms with E-state index in [4.69, 9.17) is 0 Å². The van der Waals surface area contributed by atoms with Gasteiger partial charge >= 0.3 is 0 Å². The molecule has 0 spiro atoms. The van der Waals surface area contributed by atoms with Crippen molar-refractivity contribution in [2.45, 2.75) is 58.0 Å². The van der Waals surface area contributed by atoms with E-state index in [0.717, 1.165) is 19.1 Å². The van der Waals surface area contributed by atoms with E-state index in [2.05, 4.69) is 36.3 Å². The monoisotopic (exact) mass is 280 g/mol. The molecular formula is C16H28N2S. The van der Waals surface area contributed by atoms with E-state index < -0.39 is 0 Å². The molecule has 3 heteroatoms. The minimum Gasteiger partial charge on any atom is -0.311 e. The number of rotatable bonds is 6. The normalized spacial score (nSPS) is 17.8. The van der Waals surface area contributed by atoms with Gasteiger partial charge in [-0.15, -0.1) is 11.3 Å². The summed E-state index contributed by atoms with van der Waals surface area (Å²) in [5, 5.41) is 3.57. The summed E-state index contributed by atoms with van der Waals surface area (Å²) in [5.41, 5.74) is 0. The van der Waals surface area contributed by atoms with Crippen molar-refractivity contribution in [2.24, 2.45) is 0 Å². The van der Waals surface area contributed by atoms with E-state index in [1.807, 2.05) is 11.3 Å². The molecule has 1 fully saturated rings. The molecule has 0 aliphatic heterocycles. The van der Waals surface area contributed by atoms with Gasteiger partial charge in [-0.1, -0.05) is 25.7 Å². The number of aryl methyl sites for hydroxylation is 1. The summed E-state index contributed by atoms with van der Waals surface area (Å²) in [6.45, 7) is 5.48. The first kappa shape index (κ1) is 15.0. The molecule has 1 aliphatic carbocycles. The highest BCUT2D eigenvalue weighted by molar-refractivity contribution is 7.11. The van der Waals surface area contributed by atoms with Crippen molar-refractivity contribution >= 4 is 11.3 Å². The molecule has 1 heterocycles. The van der Waals surface area contributed by atoms with Crippen LogP contribution in [-0.4, -0.2) is 31.1 Å². The fourth-order valence-electron chi connectivity index (χ4n) is 2.93. The molecule has 108 valence electrons. The summed E-state index contributed by atoms with van der Waals surface area (Å²) in [6.07, 6.45) is 8.55. The molecule has 1 aromatic rings. The largest absolute Gasteiger partial charge is 0.311 e. The van der Waals surface area contributed by atoms with Crippen LogP contribution in [0, 0.1) is 6.92 Å². The van der Waals surface area contributed by atoms with Crippen molar-refractivity contribution in [1.29, 1.82) is 0 Å². The first-order valence-electron chi connectivity index (χ1n) is 7.72. The minimum atomic E-state index is 0.827. The van der Waals surface area contributed by atoms with Gasteiger partial charge in [-0.25, -0.2) is 0 Å². The van der Waals surface area contributed by atoms with Crippen LogP contribution in [0.15, 0.2) is 12.1 Å². The third kappa shape index (κ3) is 5.25. The highest BCUT2D eigenvalue weighted by atomic mass is 32.1. The Morgan fingerprint density at radius 1 is 1.21 bits per heavy atom. The summed E-state index contributed by atoms with van der Waals surface area (Å²) in [4.78, 5) is 5.43. The van der Waals surface area contributed by atoms with Crippen LogP contribution in [0.25, 0.3) is 0 Å². The van der Waals surface area contributed by atoms with Crippen molar-refractivity contribution in [3.63, 3.8) is 0 Å². The lowest BCUT2D eigenvalue weighted by Gasteiger charge is -2.27. The molecule has 2 nitrogen and oxygen atoms in total. The highest BCUT2D eigenvalue weighted by Gasteiger charge is 2.16. The van der Waals surface area contributed by atoms with E-state index in [1.54, 1.807) is 0 Å². The molecule has 1 saturated carbocycles. The van der Waals surface area contributed by atoms with Gasteiger partial charge in [0.15, 0.2) is 0 Å². The summed E-state index contributed by atoms with van der Waals surface area (Å²) in [6, 6.07) is 5.27. The zero-order valence-corrected chi connectivity index (χ0v) is 13.3. The highest BCUT2D eigenvalue weighted by Crippen LogP contribution is 2.20. The summed E-state index contributed by atoms with van der Waals surface area (Å²) in [7, 11) is 2.30. The van der Waals surface area contributed by atoms with Crippen molar-refractivity contribution in [1.82, 2.24) is 10.2 Å². The molecule has 1 aliphatic rings. The number of likely N-dealkylation sites (N-methyl/N-ethyl adjacent to an activating group) is 1. The fourth-order valence-corrected chi connectivity index (χ4v) is 3.79. The average Bonchev–Trinajstić information content (AvgIpc) is 2.67. The predicted molar refractivity (Wildman–Crippen MR) is 84.9 cm³/mol. The number of nitrogens with zero attached hydrogens (tertiary/aromatic N) is 1. The molecule has 0 radical (unpaired) electrons. The van der Waals surface area contributed by atoms with Crippen LogP contribution >= 0.6 is 11.3 Å². The predicted octanol–water partition coefficient (Wildman–Crippen LogP) is 3.80. The lowest BCUT2D eigenvalue weighted by atomic mass is 10.1. The molecule has 1 aromatic heterocycles. The second-order valence-corrected chi connectivity index (χ2v) is 7.19. The SMILES string of the molecule is Cc1ccc(CNCCN(C)C2CCCCCC2)s1. The maximum Gasteiger partial charge on any atom is 0.0300 e. The number of thiophene rings is 1. The quantitative estimate of drug-likeness (QED) is 0.630. The van der Waals surface area contributed by atoms with E-state index in [0.29, 0.717) is 0 Å². The number of hydrogen-bond donors (Lipinski definition) is 1. The smallest absolute Gasteiger partial charge is 0.0300 e. The Bertz CT molecular complexity index is 353. The molecule has 0 saturated heterocycles. The van der Waals surface area contributed by atoms with E-state index in [9.17, 15) is 0 Å². The van der Waals surface area contributed by atoms with Crippen LogP contribution in [0.5, 0.6) is 0 Å². The molecule has 0 aromatic carbocycles. The molecular weight excluding hydrogens is 252 g/mol. The van der Waals surface area contributed by atoms with Crippen LogP contribution < -0.4 is 5.32 Å². The molecule has 0 amide bonds. The summed E-state index contributed by atoms with van der Waals surface area (Å²) < 4.78 is 0. The molecule has 0 bridgehead atoms. The van der Waals surface area contributed by atoms with Crippen LogP contribution in [0.4, 0.5) is 0 Å². The first-order chi connectivity index (χ1) is 9.25. The second kappa shape index (κ2) is 8.03. The van der Waals surface area contributed by atoms with E-state index in [-0.39, 0.29) is 0 Å². The zero-order valence-electron chi connectivity index (χ0n) is 12.5. The topological polar surface area (TPSA) is 15.3 Å². The Morgan fingerprint density at radius 3 is 2.58 bits per heavy atom. The standard InChI is InChI=1S/C16H28N2S/c1-14-9-10-16(19-14)13-17-11-12-18(2)15-7-5-3-4-6-8-15/h9-10,15,17H,3-8,11-13H2,1-2H3. The van der Waals surface area contributed by atoms with Gasteiger partial charge in [-0.05, 0) is 38.9 Å². The fraction of sp³-hybridized carbons (Fsp3) is 0.750. The molecule has 0 unspecified atom stereocenters. The second-order valence-electron chi connectivity index (χ2n) is 5.82. The van der Waals surface area contributed by atoms with Crippen molar-refractivity contribution in [3.05, 3.63) is 21.9 Å². The van der Waals surface area contributed by atoms with Crippen molar-refractivity contribution in [3.8, 4) is 0 Å². The van der Waals surface area contributed by atoms with E-state index in [1.165, 1.54) is 54.8 Å². The van der Waals surface area contributed by atoms with Gasteiger partial charge < -0.3 is 10.2 Å². The summed E-state index contributed by atoms with van der Waals surface area (Å²) >= 11 is 1.90. The Morgan fingerprint density at radius 2 is 1.95 bits per heavy atom. The minimum absolute atomic E-state index is 0.827.